The van der Waals surface area contributed by atoms with Gasteiger partial charge in [-0.05, 0) is 12.0 Å². The lowest BCUT2D eigenvalue weighted by molar-refractivity contribution is -0.134. The van der Waals surface area contributed by atoms with E-state index in [1.54, 1.807) is 21.0 Å². The summed E-state index contributed by atoms with van der Waals surface area (Å²) in [6.07, 6.45) is 0.384. The number of nitrogens with one attached hydrogen (secondary N) is 1. The highest BCUT2D eigenvalue weighted by molar-refractivity contribution is 5.83. The van der Waals surface area contributed by atoms with Gasteiger partial charge in [0.1, 0.15) is 5.92 Å². The number of hydrogen-bond donors (Lipinski definition) is 1. The van der Waals surface area contributed by atoms with Gasteiger partial charge in [0, 0.05) is 20.6 Å². The van der Waals surface area contributed by atoms with Crippen molar-refractivity contribution in [1.82, 2.24) is 10.2 Å². The van der Waals surface area contributed by atoms with E-state index in [1.807, 2.05) is 30.3 Å². The summed E-state index contributed by atoms with van der Waals surface area (Å²) in [7, 11) is 3.19. The van der Waals surface area contributed by atoms with E-state index >= 15 is 0 Å². The first kappa shape index (κ1) is 16.7. The molecule has 0 aromatic heterocycles. The molecule has 0 bridgehead atoms. The molecule has 2 amide bonds. The normalized spacial score (nSPS) is 12.9. The molecule has 2 unspecified atom stereocenters. The smallest absolute Gasteiger partial charge is 0.240 e. The van der Waals surface area contributed by atoms with Crippen molar-refractivity contribution in [3.8, 4) is 6.07 Å². The Morgan fingerprint density at radius 1 is 1.33 bits per heavy atom. The summed E-state index contributed by atoms with van der Waals surface area (Å²) in [6.45, 7) is 2.05. The third kappa shape index (κ3) is 4.92. The van der Waals surface area contributed by atoms with Crippen molar-refractivity contribution in [2.75, 3.05) is 20.6 Å². The van der Waals surface area contributed by atoms with Crippen molar-refractivity contribution in [3.05, 3.63) is 35.9 Å². The Kier molecular flexibility index (Phi) is 6.41. The largest absolute Gasteiger partial charge is 0.359 e. The molecule has 5 heteroatoms. The van der Waals surface area contributed by atoms with E-state index < -0.39 is 5.92 Å². The molecule has 0 aliphatic carbocycles. The molecule has 0 heterocycles. The van der Waals surface area contributed by atoms with Crippen LogP contribution in [-0.2, 0) is 16.0 Å². The summed E-state index contributed by atoms with van der Waals surface area (Å²) in [5.41, 5.74) is 0.949. The van der Waals surface area contributed by atoms with Gasteiger partial charge in [-0.25, -0.2) is 0 Å². The molecular weight excluding hydrogens is 266 g/mol. The molecule has 1 rings (SSSR count). The summed E-state index contributed by atoms with van der Waals surface area (Å²) >= 11 is 0. The summed E-state index contributed by atoms with van der Waals surface area (Å²) < 4.78 is 0. The minimum Gasteiger partial charge on any atom is -0.359 e. The van der Waals surface area contributed by atoms with Crippen LogP contribution in [0.1, 0.15) is 12.5 Å². The van der Waals surface area contributed by atoms with Gasteiger partial charge in [0.25, 0.3) is 0 Å². The number of amides is 2. The van der Waals surface area contributed by atoms with Crippen molar-refractivity contribution >= 4 is 11.8 Å². The molecule has 1 N–H and O–H groups in total. The van der Waals surface area contributed by atoms with Crippen LogP contribution in [-0.4, -0.2) is 37.4 Å². The Morgan fingerprint density at radius 2 is 1.95 bits per heavy atom. The van der Waals surface area contributed by atoms with Gasteiger partial charge >= 0.3 is 0 Å². The average molecular weight is 287 g/mol. The molecule has 1 aromatic rings. The van der Waals surface area contributed by atoms with Gasteiger partial charge in [-0.3, -0.25) is 9.59 Å². The molecule has 0 aliphatic heterocycles. The zero-order chi connectivity index (χ0) is 15.8. The van der Waals surface area contributed by atoms with Gasteiger partial charge in [0.05, 0.1) is 12.0 Å². The first-order valence-electron chi connectivity index (χ1n) is 6.89. The fourth-order valence-corrected chi connectivity index (χ4v) is 2.13. The van der Waals surface area contributed by atoms with Crippen LogP contribution < -0.4 is 5.32 Å². The van der Waals surface area contributed by atoms with Crippen LogP contribution in [0.3, 0.4) is 0 Å². The van der Waals surface area contributed by atoms with Crippen LogP contribution in [0.15, 0.2) is 30.3 Å². The second-order valence-corrected chi connectivity index (χ2v) is 5.11. The van der Waals surface area contributed by atoms with E-state index in [0.717, 1.165) is 5.56 Å². The number of nitrogens with zero attached hydrogens (tertiary/aromatic N) is 2. The average Bonchev–Trinajstić information content (AvgIpc) is 2.51. The lowest BCUT2D eigenvalue weighted by Crippen LogP contribution is -2.40. The summed E-state index contributed by atoms with van der Waals surface area (Å²) in [6, 6.07) is 11.5. The number of carbonyl (C=O) groups excluding carboxylic acids is 2. The van der Waals surface area contributed by atoms with E-state index in [0.29, 0.717) is 13.0 Å². The second kappa shape index (κ2) is 8.05. The lowest BCUT2D eigenvalue weighted by atomic mass is 9.99. The molecule has 5 nitrogen and oxygen atoms in total. The van der Waals surface area contributed by atoms with Crippen molar-refractivity contribution in [2.24, 2.45) is 11.8 Å². The fraction of sp³-hybridized carbons (Fsp3) is 0.438. The van der Waals surface area contributed by atoms with Gasteiger partial charge in [0.15, 0.2) is 0 Å². The molecule has 0 saturated heterocycles. The van der Waals surface area contributed by atoms with Crippen LogP contribution in [0.2, 0.25) is 0 Å². The van der Waals surface area contributed by atoms with Gasteiger partial charge in [-0.2, -0.15) is 5.26 Å². The molecule has 0 radical (unpaired) electrons. The molecule has 0 saturated carbocycles. The monoisotopic (exact) mass is 287 g/mol. The minimum absolute atomic E-state index is 0.119. The Balaban J connectivity index is 2.66. The molecule has 1 aromatic carbocycles. The van der Waals surface area contributed by atoms with Gasteiger partial charge in [-0.15, -0.1) is 0 Å². The van der Waals surface area contributed by atoms with Crippen LogP contribution in [0.5, 0.6) is 0 Å². The predicted octanol–water partition coefficient (Wildman–Crippen LogP) is 1.21. The van der Waals surface area contributed by atoms with Crippen molar-refractivity contribution < 1.29 is 9.59 Å². The topological polar surface area (TPSA) is 73.2 Å². The first-order valence-corrected chi connectivity index (χ1v) is 6.89. The number of carbonyl (C=O) groups is 2. The zero-order valence-corrected chi connectivity index (χ0v) is 12.7. The maximum absolute atomic E-state index is 12.3. The molecule has 2 atom stereocenters. The Hall–Kier alpha value is -2.35. The van der Waals surface area contributed by atoms with Crippen LogP contribution in [0, 0.1) is 23.2 Å². The highest BCUT2D eigenvalue weighted by atomic mass is 16.2. The van der Waals surface area contributed by atoms with E-state index in [4.69, 9.17) is 0 Å². The number of hydrogen-bond acceptors (Lipinski definition) is 3. The molecule has 21 heavy (non-hydrogen) atoms. The second-order valence-electron chi connectivity index (χ2n) is 5.11. The lowest BCUT2D eigenvalue weighted by Gasteiger charge is -2.23. The zero-order valence-electron chi connectivity index (χ0n) is 12.7. The summed E-state index contributed by atoms with van der Waals surface area (Å²) in [5, 5.41) is 11.8. The Morgan fingerprint density at radius 3 is 2.48 bits per heavy atom. The van der Waals surface area contributed by atoms with E-state index in [9.17, 15) is 14.9 Å². The van der Waals surface area contributed by atoms with Crippen molar-refractivity contribution in [3.63, 3.8) is 0 Å². The Bertz CT molecular complexity index is 522. The highest BCUT2D eigenvalue weighted by Crippen LogP contribution is 2.12. The standard InChI is InChI=1S/C16H21N3O2/c1-12(15(20)18-2)11-19(3)16(21)14(10-17)9-13-7-5-4-6-8-13/h4-8,12,14H,9,11H2,1-3H3,(H,18,20). The fourth-order valence-electron chi connectivity index (χ4n) is 2.13. The third-order valence-electron chi connectivity index (χ3n) is 3.35. The van der Waals surface area contributed by atoms with Crippen LogP contribution in [0.4, 0.5) is 0 Å². The summed E-state index contributed by atoms with van der Waals surface area (Å²) in [5.74, 6) is -1.40. The number of nitriles is 1. The van der Waals surface area contributed by atoms with Crippen molar-refractivity contribution in [2.45, 2.75) is 13.3 Å². The van der Waals surface area contributed by atoms with Crippen LogP contribution >= 0.6 is 0 Å². The van der Waals surface area contributed by atoms with Crippen molar-refractivity contribution in [1.29, 1.82) is 5.26 Å². The Labute approximate surface area is 125 Å². The molecular formula is C16H21N3O2. The number of benzene rings is 1. The predicted molar refractivity (Wildman–Crippen MR) is 80.1 cm³/mol. The SMILES string of the molecule is CNC(=O)C(C)CN(C)C(=O)C(C#N)Cc1ccccc1. The molecule has 0 spiro atoms. The number of rotatable bonds is 6. The molecule has 0 fully saturated rings. The van der Waals surface area contributed by atoms with Gasteiger partial charge in [0.2, 0.25) is 11.8 Å². The van der Waals surface area contributed by atoms with Crippen LogP contribution in [0.25, 0.3) is 0 Å². The minimum atomic E-state index is -0.728. The summed E-state index contributed by atoms with van der Waals surface area (Å²) in [4.78, 5) is 25.2. The van der Waals surface area contributed by atoms with E-state index in [1.165, 1.54) is 4.90 Å². The maximum Gasteiger partial charge on any atom is 0.240 e. The maximum atomic E-state index is 12.3. The van der Waals surface area contributed by atoms with Gasteiger partial charge in [-0.1, -0.05) is 37.3 Å². The highest BCUT2D eigenvalue weighted by Gasteiger charge is 2.24. The molecule has 0 aliphatic rings. The van der Waals surface area contributed by atoms with E-state index in [-0.39, 0.29) is 17.7 Å². The van der Waals surface area contributed by atoms with E-state index in [2.05, 4.69) is 11.4 Å². The van der Waals surface area contributed by atoms with Gasteiger partial charge < -0.3 is 10.2 Å². The quantitative estimate of drug-likeness (QED) is 0.854. The third-order valence-corrected chi connectivity index (χ3v) is 3.35. The molecule has 112 valence electrons. The first-order chi connectivity index (χ1) is 9.99.